The Morgan fingerprint density at radius 1 is 0.621 bits per heavy atom. The maximum atomic E-state index is 10.1. The van der Waals surface area contributed by atoms with Crippen molar-refractivity contribution in [2.75, 3.05) is 0 Å². The van der Waals surface area contributed by atoms with Gasteiger partial charge in [-0.3, -0.25) is 0 Å². The van der Waals surface area contributed by atoms with Crippen LogP contribution < -0.4 is 29.6 Å². The molecular weight excluding hydrogens is 395 g/mol. The second-order valence-electron chi connectivity index (χ2n) is 5.13. The summed E-state index contributed by atoms with van der Waals surface area (Å²) in [5.41, 5.74) is 0. The first-order valence-corrected chi connectivity index (χ1v) is 10.2. The minimum atomic E-state index is -4.68. The maximum Gasteiger partial charge on any atom is 1.00 e. The van der Waals surface area contributed by atoms with Gasteiger partial charge in [-0.25, -0.2) is 8.42 Å². The topological polar surface area (TPSA) is 66.4 Å². The van der Waals surface area contributed by atoms with Crippen molar-refractivity contribution in [3.63, 3.8) is 0 Å². The summed E-state index contributed by atoms with van der Waals surface area (Å²) in [4.78, 5) is 0. The summed E-state index contributed by atoms with van der Waals surface area (Å²) >= 11 is 0. The van der Waals surface area contributed by atoms with Gasteiger partial charge in [-0.2, -0.15) is 0 Å². The monoisotopic (exact) mass is 422 g/mol. The van der Waals surface area contributed by atoms with Crippen molar-refractivity contribution < 1.29 is 46.7 Å². The van der Waals surface area contributed by atoms with Crippen LogP contribution in [0.3, 0.4) is 0 Å². The first-order valence-electron chi connectivity index (χ1n) is 8.85. The summed E-state index contributed by atoms with van der Waals surface area (Å²) in [6.07, 6.45) is 38.6. The van der Waals surface area contributed by atoms with Crippen LogP contribution in [0.2, 0.25) is 0 Å². The molecule has 0 N–H and O–H groups in total. The molecule has 0 atom stereocenters. The SMILES string of the molecule is CCCC=CC=CC=CC=CC=CC=CC=CC=CC=CC=COS(=O)(=O)[O-].[Na+]. The van der Waals surface area contributed by atoms with E-state index in [4.69, 9.17) is 0 Å². The third-order valence-corrected chi connectivity index (χ3v) is 3.08. The van der Waals surface area contributed by atoms with E-state index in [9.17, 15) is 13.0 Å². The minimum absolute atomic E-state index is 0. The summed E-state index contributed by atoms with van der Waals surface area (Å²) in [5, 5.41) is 0. The molecule has 0 radical (unpaired) electrons. The Balaban J connectivity index is 0. The van der Waals surface area contributed by atoms with Crippen LogP contribution in [0.1, 0.15) is 19.8 Å². The van der Waals surface area contributed by atoms with E-state index < -0.39 is 10.4 Å². The van der Waals surface area contributed by atoms with Crippen molar-refractivity contribution >= 4 is 10.4 Å². The van der Waals surface area contributed by atoms with Crippen LogP contribution in [0.4, 0.5) is 0 Å². The maximum absolute atomic E-state index is 10.1. The molecule has 0 aliphatic rings. The molecule has 29 heavy (non-hydrogen) atoms. The smallest absolute Gasteiger partial charge is 0.716 e. The van der Waals surface area contributed by atoms with Gasteiger partial charge in [0.2, 0.25) is 0 Å². The summed E-state index contributed by atoms with van der Waals surface area (Å²) in [6, 6.07) is 0. The molecule has 0 aliphatic heterocycles. The van der Waals surface area contributed by atoms with E-state index in [1.807, 2.05) is 72.9 Å². The van der Waals surface area contributed by atoms with Gasteiger partial charge in [-0.15, -0.1) is 0 Å². The molecule has 6 heteroatoms. The molecule has 0 heterocycles. The molecule has 0 spiro atoms. The Hall–Kier alpha value is -1.89. The summed E-state index contributed by atoms with van der Waals surface area (Å²) < 4.78 is 34.3. The Morgan fingerprint density at radius 3 is 1.24 bits per heavy atom. The van der Waals surface area contributed by atoms with E-state index in [0.717, 1.165) is 12.7 Å². The summed E-state index contributed by atoms with van der Waals surface area (Å²) in [6.45, 7) is 2.16. The van der Waals surface area contributed by atoms with Crippen molar-refractivity contribution in [1.29, 1.82) is 0 Å². The van der Waals surface area contributed by atoms with Crippen molar-refractivity contribution in [2.45, 2.75) is 19.8 Å². The van der Waals surface area contributed by atoms with Crippen LogP contribution in [-0.2, 0) is 14.6 Å². The molecule has 4 nitrogen and oxygen atoms in total. The molecule has 0 aromatic heterocycles. The van der Waals surface area contributed by atoms with Crippen LogP contribution in [0.5, 0.6) is 0 Å². The fraction of sp³-hybridized carbons (Fsp3) is 0.130. The minimum Gasteiger partial charge on any atom is -0.716 e. The van der Waals surface area contributed by atoms with E-state index in [2.05, 4.69) is 23.3 Å². The van der Waals surface area contributed by atoms with Gasteiger partial charge >= 0.3 is 29.6 Å². The zero-order chi connectivity index (χ0) is 20.8. The molecule has 0 saturated carbocycles. The van der Waals surface area contributed by atoms with E-state index in [-0.39, 0.29) is 29.6 Å². The molecule has 0 saturated heterocycles. The number of hydrogen-bond donors (Lipinski definition) is 0. The van der Waals surface area contributed by atoms with Gasteiger partial charge in [0, 0.05) is 0 Å². The molecular formula is C23H27NaO4S. The van der Waals surface area contributed by atoms with Gasteiger partial charge in [0.05, 0.1) is 0 Å². The number of hydrogen-bond acceptors (Lipinski definition) is 4. The van der Waals surface area contributed by atoms with Crippen molar-refractivity contribution in [2.24, 2.45) is 0 Å². The van der Waals surface area contributed by atoms with E-state index in [0.29, 0.717) is 0 Å². The molecule has 0 fully saturated rings. The molecule has 0 amide bonds. The first kappa shape index (κ1) is 29.3. The van der Waals surface area contributed by atoms with E-state index >= 15 is 0 Å². The molecule has 150 valence electrons. The second kappa shape index (κ2) is 22.4. The van der Waals surface area contributed by atoms with Crippen LogP contribution in [0.15, 0.2) is 122 Å². The predicted molar refractivity (Wildman–Crippen MR) is 117 cm³/mol. The Morgan fingerprint density at radius 2 is 0.931 bits per heavy atom. The van der Waals surface area contributed by atoms with E-state index in [1.165, 1.54) is 18.6 Å². The van der Waals surface area contributed by atoms with Crippen molar-refractivity contribution in [1.82, 2.24) is 0 Å². The third kappa shape index (κ3) is 28.4. The molecule has 0 aromatic carbocycles. The zero-order valence-electron chi connectivity index (χ0n) is 17.0. The molecule has 0 unspecified atom stereocenters. The predicted octanol–water partition coefficient (Wildman–Crippen LogP) is 2.79. The Labute approximate surface area is 197 Å². The zero-order valence-corrected chi connectivity index (χ0v) is 19.8. The molecule has 0 aromatic rings. The van der Waals surface area contributed by atoms with Gasteiger partial charge in [-0.05, 0) is 12.5 Å². The van der Waals surface area contributed by atoms with Crippen molar-refractivity contribution in [3.05, 3.63) is 122 Å². The normalized spacial score (nSPS) is 14.1. The summed E-state index contributed by atoms with van der Waals surface area (Å²) in [7, 11) is -4.68. The Bertz CT molecular complexity index is 791. The van der Waals surface area contributed by atoms with Crippen LogP contribution in [0.25, 0.3) is 0 Å². The molecule has 0 aliphatic carbocycles. The standard InChI is InChI=1S/C23H28O4S.Na/c1-2-3-4-5-6-7-8-9-10-11-12-13-14-15-16-17-18-19-20-21-22-23-27-28(24,25)26;/h4-23H,2-3H2,1H3,(H,24,25,26);/q;+1/p-1. The van der Waals surface area contributed by atoms with Crippen LogP contribution >= 0.6 is 0 Å². The van der Waals surface area contributed by atoms with Gasteiger partial charge in [0.1, 0.15) is 6.26 Å². The van der Waals surface area contributed by atoms with Crippen LogP contribution in [-0.4, -0.2) is 13.0 Å². The fourth-order valence-corrected chi connectivity index (χ4v) is 1.71. The third-order valence-electron chi connectivity index (χ3n) is 2.73. The fourth-order valence-electron chi connectivity index (χ4n) is 1.51. The molecule has 0 rings (SSSR count). The van der Waals surface area contributed by atoms with Gasteiger partial charge in [-0.1, -0.05) is 123 Å². The first-order chi connectivity index (χ1) is 13.6. The average molecular weight is 423 g/mol. The second-order valence-corrected chi connectivity index (χ2v) is 6.14. The van der Waals surface area contributed by atoms with Gasteiger partial charge in [0.15, 0.2) is 0 Å². The van der Waals surface area contributed by atoms with Crippen molar-refractivity contribution in [3.8, 4) is 0 Å². The number of rotatable bonds is 13. The number of allylic oxidation sites excluding steroid dienone is 19. The quantitative estimate of drug-likeness (QED) is 0.151. The van der Waals surface area contributed by atoms with Crippen LogP contribution in [0, 0.1) is 0 Å². The number of unbranched alkanes of at least 4 members (excludes halogenated alkanes) is 1. The van der Waals surface area contributed by atoms with E-state index in [1.54, 1.807) is 18.2 Å². The molecule has 0 bridgehead atoms. The van der Waals surface area contributed by atoms with Gasteiger partial charge < -0.3 is 8.74 Å². The van der Waals surface area contributed by atoms with Gasteiger partial charge in [0.25, 0.3) is 10.4 Å². The summed E-state index contributed by atoms with van der Waals surface area (Å²) in [5.74, 6) is 0. The Kier molecular flexibility index (Phi) is 22.6. The largest absolute Gasteiger partial charge is 1.00 e. The average Bonchev–Trinajstić information content (AvgIpc) is 2.65.